The lowest BCUT2D eigenvalue weighted by atomic mass is 10.0. The number of hydrogen-bond acceptors (Lipinski definition) is 6. The van der Waals surface area contributed by atoms with E-state index in [1.165, 1.54) is 0 Å². The topological polar surface area (TPSA) is 93.6 Å². The zero-order chi connectivity index (χ0) is 21.1. The molecular weight excluding hydrogens is 380 g/mol. The number of nitrogens with zero attached hydrogens (tertiary/aromatic N) is 2. The van der Waals surface area contributed by atoms with E-state index < -0.39 is 5.91 Å². The van der Waals surface area contributed by atoms with E-state index in [9.17, 15) is 4.79 Å². The minimum atomic E-state index is -0.561. The number of primary amides is 1. The number of carbonyl (C=O) groups is 1. The molecule has 2 heterocycles. The van der Waals surface area contributed by atoms with Crippen molar-refractivity contribution in [3.8, 4) is 5.75 Å². The molecule has 1 radical (unpaired) electrons. The van der Waals surface area contributed by atoms with Crippen molar-refractivity contribution in [2.24, 2.45) is 5.73 Å². The highest BCUT2D eigenvalue weighted by molar-refractivity contribution is 6.03. The second kappa shape index (κ2) is 8.75. The lowest BCUT2D eigenvalue weighted by Crippen LogP contribution is -2.43. The monoisotopic (exact) mass is 407 g/mol. The Labute approximate surface area is 176 Å². The van der Waals surface area contributed by atoms with Gasteiger partial charge in [-0.25, -0.2) is 0 Å². The minimum absolute atomic E-state index is 0.252. The van der Waals surface area contributed by atoms with Crippen molar-refractivity contribution >= 4 is 23.0 Å². The minimum Gasteiger partial charge on any atom is -0.494 e. The van der Waals surface area contributed by atoms with Gasteiger partial charge in [-0.1, -0.05) is 12.1 Å². The van der Waals surface area contributed by atoms with Gasteiger partial charge in [0.25, 0.3) is 11.9 Å². The van der Waals surface area contributed by atoms with Crippen LogP contribution in [0.1, 0.15) is 41.3 Å². The Morgan fingerprint density at radius 1 is 1.37 bits per heavy atom. The number of piperidine rings is 1. The summed E-state index contributed by atoms with van der Waals surface area (Å²) >= 11 is 0. The number of fused-ring (bicyclic) bond motifs is 1. The van der Waals surface area contributed by atoms with Gasteiger partial charge in [0.05, 0.1) is 12.2 Å². The van der Waals surface area contributed by atoms with Gasteiger partial charge in [0.1, 0.15) is 11.3 Å². The van der Waals surface area contributed by atoms with Crippen molar-refractivity contribution in [3.05, 3.63) is 53.1 Å². The maximum absolute atomic E-state index is 11.8. The molecule has 1 saturated heterocycles. The number of nitrogens with one attached hydrogen (secondary N) is 1. The van der Waals surface area contributed by atoms with E-state index >= 15 is 0 Å². The van der Waals surface area contributed by atoms with Crippen LogP contribution in [0.4, 0.5) is 6.01 Å². The van der Waals surface area contributed by atoms with Gasteiger partial charge in [-0.2, -0.15) is 4.98 Å². The van der Waals surface area contributed by atoms with Crippen molar-refractivity contribution in [2.75, 3.05) is 24.6 Å². The molecule has 0 unspecified atom stereocenters. The van der Waals surface area contributed by atoms with Crippen LogP contribution in [0.3, 0.4) is 0 Å². The third kappa shape index (κ3) is 4.11. The largest absolute Gasteiger partial charge is 0.494 e. The van der Waals surface area contributed by atoms with Crippen LogP contribution >= 0.6 is 0 Å². The van der Waals surface area contributed by atoms with E-state index in [1.807, 2.05) is 13.8 Å². The summed E-state index contributed by atoms with van der Waals surface area (Å²) in [5.74, 6) is 0.331. The summed E-state index contributed by atoms with van der Waals surface area (Å²) < 4.78 is 11.9. The molecule has 1 aromatic heterocycles. The number of ether oxygens (including phenoxy) is 1. The van der Waals surface area contributed by atoms with Crippen LogP contribution in [-0.4, -0.2) is 36.6 Å². The Morgan fingerprint density at radius 2 is 2.17 bits per heavy atom. The number of anilines is 1. The Kier molecular flexibility index (Phi) is 5.90. The van der Waals surface area contributed by atoms with Crippen molar-refractivity contribution in [2.45, 2.75) is 39.3 Å². The van der Waals surface area contributed by atoms with Gasteiger partial charge < -0.3 is 25.1 Å². The molecule has 3 aromatic rings. The molecule has 4 rings (SSSR count). The second-order valence-electron chi connectivity index (χ2n) is 7.57. The smallest absolute Gasteiger partial charge is 0.298 e. The van der Waals surface area contributed by atoms with Gasteiger partial charge in [-0.15, -0.1) is 0 Å². The maximum atomic E-state index is 11.8. The molecule has 2 aromatic carbocycles. The van der Waals surface area contributed by atoms with Crippen LogP contribution in [0.25, 0.3) is 11.1 Å². The molecule has 30 heavy (non-hydrogen) atoms. The molecule has 0 saturated carbocycles. The van der Waals surface area contributed by atoms with Crippen molar-refractivity contribution in [3.63, 3.8) is 0 Å². The normalized spacial score (nSPS) is 14.7. The predicted molar refractivity (Wildman–Crippen MR) is 116 cm³/mol. The molecule has 0 bridgehead atoms. The average Bonchev–Trinajstić information content (AvgIpc) is 3.18. The molecular formula is C23H27N4O3. The molecule has 1 amide bonds. The van der Waals surface area contributed by atoms with Gasteiger partial charge >= 0.3 is 0 Å². The summed E-state index contributed by atoms with van der Waals surface area (Å²) in [4.78, 5) is 18.6. The van der Waals surface area contributed by atoms with Crippen molar-refractivity contribution in [1.82, 2.24) is 10.3 Å². The number of nitrogens with two attached hydrogens (primary N) is 1. The quantitative estimate of drug-likeness (QED) is 0.625. The molecule has 3 N–H and O–H groups in total. The number of carbonyl (C=O) groups excluding carboxylic acids is 1. The number of amides is 1. The highest BCUT2D eigenvalue weighted by Crippen LogP contribution is 2.30. The van der Waals surface area contributed by atoms with E-state index in [2.05, 4.69) is 39.5 Å². The summed E-state index contributed by atoms with van der Waals surface area (Å²) in [6.45, 7) is 7.17. The Bertz CT molecular complexity index is 1040. The van der Waals surface area contributed by atoms with Crippen molar-refractivity contribution < 1.29 is 13.9 Å². The molecule has 157 valence electrons. The van der Waals surface area contributed by atoms with Gasteiger partial charge in [-0.3, -0.25) is 4.79 Å². The van der Waals surface area contributed by atoms with Gasteiger partial charge in [0.2, 0.25) is 0 Å². The fraction of sp³-hybridized carbons (Fsp3) is 0.391. The number of aryl methyl sites for hydroxylation is 1. The van der Waals surface area contributed by atoms with Crippen molar-refractivity contribution in [1.29, 1.82) is 0 Å². The molecule has 1 fully saturated rings. The number of oxazole rings is 1. The zero-order valence-corrected chi connectivity index (χ0v) is 17.4. The van der Waals surface area contributed by atoms with Crippen LogP contribution in [0.2, 0.25) is 0 Å². The molecule has 7 heteroatoms. The summed E-state index contributed by atoms with van der Waals surface area (Å²) in [6, 6.07) is 13.3. The Morgan fingerprint density at radius 3 is 2.90 bits per heavy atom. The van der Waals surface area contributed by atoms with E-state index in [0.717, 1.165) is 42.8 Å². The molecule has 0 aliphatic carbocycles. The summed E-state index contributed by atoms with van der Waals surface area (Å²) in [5.41, 5.74) is 8.97. The fourth-order valence-corrected chi connectivity index (χ4v) is 3.91. The number of benzene rings is 2. The SMILES string of the molecule is CCOc1cc(CN(c2nc3c(C(N)=O)[c]ccc3o2)C2CCNCC2)ccc1C. The van der Waals surface area contributed by atoms with Gasteiger partial charge in [0, 0.05) is 12.6 Å². The van der Waals surface area contributed by atoms with E-state index in [1.54, 1.807) is 12.1 Å². The standard InChI is InChI=1S/C23H27N4O3/c1-3-29-20-13-16(8-7-15(20)2)14-27(17-9-11-25-12-10-17)23-26-21-18(22(24)28)5-4-6-19(21)30-23/h4,6-8,13,17,25H,3,9-12,14H2,1-2H3,(H2,24,28). The molecule has 7 nitrogen and oxygen atoms in total. The first-order chi connectivity index (χ1) is 14.6. The van der Waals surface area contributed by atoms with Crippen LogP contribution in [-0.2, 0) is 6.54 Å². The molecule has 0 atom stereocenters. The Hall–Kier alpha value is -3.06. The first kappa shape index (κ1) is 20.2. The van der Waals surface area contributed by atoms with E-state index in [0.29, 0.717) is 30.3 Å². The lowest BCUT2D eigenvalue weighted by Gasteiger charge is -2.33. The third-order valence-corrected chi connectivity index (χ3v) is 5.49. The zero-order valence-electron chi connectivity index (χ0n) is 17.4. The fourth-order valence-electron chi connectivity index (χ4n) is 3.91. The highest BCUT2D eigenvalue weighted by Gasteiger charge is 2.26. The predicted octanol–water partition coefficient (Wildman–Crippen LogP) is 3.19. The number of rotatable bonds is 7. The first-order valence-electron chi connectivity index (χ1n) is 10.4. The average molecular weight is 407 g/mol. The number of aromatic nitrogens is 1. The highest BCUT2D eigenvalue weighted by atomic mass is 16.5. The summed E-state index contributed by atoms with van der Waals surface area (Å²) in [6.07, 6.45) is 1.97. The molecule has 1 aliphatic rings. The van der Waals surface area contributed by atoms with Crippen LogP contribution in [0, 0.1) is 13.0 Å². The summed E-state index contributed by atoms with van der Waals surface area (Å²) in [7, 11) is 0. The van der Waals surface area contributed by atoms with Crippen LogP contribution < -0.4 is 20.7 Å². The molecule has 0 spiro atoms. The van der Waals surface area contributed by atoms with Crippen LogP contribution in [0.5, 0.6) is 5.75 Å². The maximum Gasteiger partial charge on any atom is 0.298 e. The second-order valence-corrected chi connectivity index (χ2v) is 7.57. The molecule has 1 aliphatic heterocycles. The van der Waals surface area contributed by atoms with E-state index in [-0.39, 0.29) is 11.6 Å². The van der Waals surface area contributed by atoms with Gasteiger partial charge in [-0.05, 0) is 75.2 Å². The van der Waals surface area contributed by atoms with E-state index in [4.69, 9.17) is 14.9 Å². The Balaban J connectivity index is 1.72. The summed E-state index contributed by atoms with van der Waals surface area (Å²) in [5, 5.41) is 3.40. The first-order valence-corrected chi connectivity index (χ1v) is 10.4. The number of hydrogen-bond donors (Lipinski definition) is 2. The van der Waals surface area contributed by atoms with Gasteiger partial charge in [0.15, 0.2) is 5.58 Å². The lowest BCUT2D eigenvalue weighted by molar-refractivity contribution is 0.100. The third-order valence-electron chi connectivity index (χ3n) is 5.49. The van der Waals surface area contributed by atoms with Crippen LogP contribution in [0.15, 0.2) is 34.7 Å².